The van der Waals surface area contributed by atoms with E-state index in [1.165, 1.54) is 11.8 Å². The summed E-state index contributed by atoms with van der Waals surface area (Å²) in [5, 5.41) is 15.0. The number of nitrogens with one attached hydrogen (secondary N) is 1. The first-order valence-electron chi connectivity index (χ1n) is 11.8. The van der Waals surface area contributed by atoms with E-state index >= 15 is 0 Å². The van der Waals surface area contributed by atoms with Crippen molar-refractivity contribution in [3.63, 3.8) is 0 Å². The number of nitrogens with zero attached hydrogens (tertiary/aromatic N) is 1. The van der Waals surface area contributed by atoms with Crippen LogP contribution in [0.15, 0.2) is 66.2 Å². The van der Waals surface area contributed by atoms with Crippen molar-refractivity contribution < 1.29 is 14.3 Å². The van der Waals surface area contributed by atoms with Gasteiger partial charge in [-0.1, -0.05) is 68.3 Å². The summed E-state index contributed by atoms with van der Waals surface area (Å²) in [4.78, 5) is 12.7. The summed E-state index contributed by atoms with van der Waals surface area (Å²) in [5.41, 5.74) is 1.88. The number of carbonyl (C=O) groups excluding carboxylic acids is 1. The van der Waals surface area contributed by atoms with Gasteiger partial charge >= 0.3 is 0 Å². The van der Waals surface area contributed by atoms with Crippen molar-refractivity contribution in [2.24, 2.45) is 5.92 Å². The number of hydrogen-bond donors (Lipinski definition) is 1. The van der Waals surface area contributed by atoms with Crippen LogP contribution in [0.2, 0.25) is 0 Å². The number of benzene rings is 3. The van der Waals surface area contributed by atoms with Crippen LogP contribution in [0.25, 0.3) is 16.8 Å². The van der Waals surface area contributed by atoms with Crippen LogP contribution >= 0.6 is 0 Å². The Bertz CT molecular complexity index is 1240. The Kier molecular flexibility index (Phi) is 7.49. The molecule has 0 heterocycles. The summed E-state index contributed by atoms with van der Waals surface area (Å²) in [5.74, 6) is 1.26. The number of methoxy groups -OCH3 is 1. The van der Waals surface area contributed by atoms with Gasteiger partial charge in [0.2, 0.25) is 0 Å². The highest BCUT2D eigenvalue weighted by molar-refractivity contribution is 6.01. The minimum absolute atomic E-state index is 0.0873. The molecule has 0 saturated heterocycles. The van der Waals surface area contributed by atoms with Crippen LogP contribution in [0, 0.1) is 17.2 Å². The summed E-state index contributed by atoms with van der Waals surface area (Å²) in [6.45, 7) is 2.56. The topological polar surface area (TPSA) is 71.3 Å². The Morgan fingerprint density at radius 2 is 1.88 bits per heavy atom. The minimum Gasteiger partial charge on any atom is -0.493 e. The number of nitriles is 1. The SMILES string of the molecule is COc1cc(/C=C(\C#N)C(=O)N[C@@H]2CCCC[C@@H]2C)ccc1OCc1cccc2ccccc12. The number of amides is 1. The standard InChI is InChI=1S/C29H30N2O3/c1-20-8-3-6-13-26(20)31-29(32)24(18-30)16-21-14-15-27(28(17-21)33-2)34-19-23-11-7-10-22-9-4-5-12-25(22)23/h4-5,7,9-12,14-17,20,26H,3,6,8,13,19H2,1-2H3,(H,31,32)/b24-16+/t20-,26+/m0/s1. The van der Waals surface area contributed by atoms with E-state index < -0.39 is 0 Å². The van der Waals surface area contributed by atoms with Crippen LogP contribution in [0.3, 0.4) is 0 Å². The van der Waals surface area contributed by atoms with Gasteiger partial charge in [-0.3, -0.25) is 4.79 Å². The number of fused-ring (bicyclic) bond motifs is 1. The summed E-state index contributed by atoms with van der Waals surface area (Å²) in [6, 6.07) is 22.0. The molecule has 0 aliphatic heterocycles. The molecule has 1 fully saturated rings. The molecule has 0 aromatic heterocycles. The Morgan fingerprint density at radius 1 is 1.09 bits per heavy atom. The molecule has 4 rings (SSSR count). The molecule has 5 nitrogen and oxygen atoms in total. The molecular weight excluding hydrogens is 424 g/mol. The maximum Gasteiger partial charge on any atom is 0.262 e. The highest BCUT2D eigenvalue weighted by Crippen LogP contribution is 2.31. The molecule has 0 radical (unpaired) electrons. The van der Waals surface area contributed by atoms with E-state index in [9.17, 15) is 10.1 Å². The second-order valence-corrected chi connectivity index (χ2v) is 8.85. The van der Waals surface area contributed by atoms with Crippen molar-refractivity contribution in [3.8, 4) is 17.6 Å². The lowest BCUT2D eigenvalue weighted by Crippen LogP contribution is -2.41. The predicted molar refractivity (Wildman–Crippen MR) is 134 cm³/mol. The van der Waals surface area contributed by atoms with E-state index in [2.05, 4.69) is 36.5 Å². The maximum atomic E-state index is 12.7. The summed E-state index contributed by atoms with van der Waals surface area (Å²) >= 11 is 0. The Morgan fingerprint density at radius 3 is 2.68 bits per heavy atom. The minimum atomic E-state index is -0.323. The van der Waals surface area contributed by atoms with Crippen LogP contribution in [0.5, 0.6) is 11.5 Å². The van der Waals surface area contributed by atoms with Gasteiger partial charge < -0.3 is 14.8 Å². The average Bonchev–Trinajstić information content (AvgIpc) is 2.87. The number of rotatable bonds is 7. The van der Waals surface area contributed by atoms with E-state index in [1.807, 2.05) is 36.4 Å². The molecule has 0 unspecified atom stereocenters. The Balaban J connectivity index is 1.49. The molecule has 0 spiro atoms. The van der Waals surface area contributed by atoms with E-state index in [0.29, 0.717) is 29.6 Å². The third kappa shape index (κ3) is 5.40. The summed E-state index contributed by atoms with van der Waals surface area (Å²) in [6.07, 6.45) is 5.97. The lowest BCUT2D eigenvalue weighted by atomic mass is 9.86. The number of carbonyl (C=O) groups is 1. The largest absolute Gasteiger partial charge is 0.493 e. The zero-order valence-electron chi connectivity index (χ0n) is 19.7. The molecular formula is C29H30N2O3. The summed E-state index contributed by atoms with van der Waals surface area (Å²) < 4.78 is 11.6. The second-order valence-electron chi connectivity index (χ2n) is 8.85. The fourth-order valence-corrected chi connectivity index (χ4v) is 4.56. The maximum absolute atomic E-state index is 12.7. The molecule has 0 bridgehead atoms. The zero-order valence-corrected chi connectivity index (χ0v) is 19.7. The lowest BCUT2D eigenvalue weighted by Gasteiger charge is -2.29. The third-order valence-electron chi connectivity index (χ3n) is 6.55. The van der Waals surface area contributed by atoms with Crippen molar-refractivity contribution in [1.29, 1.82) is 5.26 Å². The fourth-order valence-electron chi connectivity index (χ4n) is 4.56. The highest BCUT2D eigenvalue weighted by atomic mass is 16.5. The van der Waals surface area contributed by atoms with Crippen LogP contribution in [0.1, 0.15) is 43.7 Å². The molecule has 1 aliphatic rings. The molecule has 1 N–H and O–H groups in total. The molecule has 5 heteroatoms. The van der Waals surface area contributed by atoms with Crippen molar-refractivity contribution in [1.82, 2.24) is 5.32 Å². The second kappa shape index (κ2) is 10.9. The Hall–Kier alpha value is -3.78. The first-order valence-corrected chi connectivity index (χ1v) is 11.8. The van der Waals surface area contributed by atoms with Gasteiger partial charge in [-0.2, -0.15) is 5.26 Å². The Labute approximate surface area is 201 Å². The van der Waals surface area contributed by atoms with Gasteiger partial charge in [0.05, 0.1) is 7.11 Å². The van der Waals surface area contributed by atoms with E-state index in [-0.39, 0.29) is 17.5 Å². The first kappa shape index (κ1) is 23.4. The van der Waals surface area contributed by atoms with Gasteiger partial charge in [-0.05, 0) is 58.9 Å². The van der Waals surface area contributed by atoms with Gasteiger partial charge in [0.25, 0.3) is 5.91 Å². The molecule has 3 aromatic rings. The third-order valence-corrected chi connectivity index (χ3v) is 6.55. The van der Waals surface area contributed by atoms with Crippen molar-refractivity contribution >= 4 is 22.8 Å². The lowest BCUT2D eigenvalue weighted by molar-refractivity contribution is -0.118. The van der Waals surface area contributed by atoms with E-state index in [1.54, 1.807) is 19.3 Å². The smallest absolute Gasteiger partial charge is 0.262 e. The van der Waals surface area contributed by atoms with Crippen molar-refractivity contribution in [3.05, 3.63) is 77.4 Å². The van der Waals surface area contributed by atoms with Crippen LogP contribution in [-0.4, -0.2) is 19.1 Å². The quantitative estimate of drug-likeness (QED) is 0.350. The fraction of sp³-hybridized carbons (Fsp3) is 0.310. The van der Waals surface area contributed by atoms with Crippen LogP contribution < -0.4 is 14.8 Å². The van der Waals surface area contributed by atoms with Gasteiger partial charge in [-0.25, -0.2) is 0 Å². The van der Waals surface area contributed by atoms with Gasteiger partial charge in [-0.15, -0.1) is 0 Å². The predicted octanol–water partition coefficient (Wildman–Crippen LogP) is 6.03. The van der Waals surface area contributed by atoms with E-state index in [4.69, 9.17) is 9.47 Å². The van der Waals surface area contributed by atoms with Crippen molar-refractivity contribution in [2.45, 2.75) is 45.3 Å². The molecule has 3 aromatic carbocycles. The zero-order chi connectivity index (χ0) is 23.9. The monoisotopic (exact) mass is 454 g/mol. The van der Waals surface area contributed by atoms with Gasteiger partial charge in [0.15, 0.2) is 11.5 Å². The summed E-state index contributed by atoms with van der Waals surface area (Å²) in [7, 11) is 1.58. The molecule has 2 atom stereocenters. The molecule has 1 amide bonds. The average molecular weight is 455 g/mol. The highest BCUT2D eigenvalue weighted by Gasteiger charge is 2.24. The van der Waals surface area contributed by atoms with E-state index in [0.717, 1.165) is 30.2 Å². The normalized spacial score (nSPS) is 18.2. The molecule has 1 saturated carbocycles. The molecule has 174 valence electrons. The van der Waals surface area contributed by atoms with Crippen molar-refractivity contribution in [2.75, 3.05) is 7.11 Å². The van der Waals surface area contributed by atoms with Gasteiger partial charge in [0, 0.05) is 6.04 Å². The molecule has 1 aliphatic carbocycles. The van der Waals surface area contributed by atoms with Crippen LogP contribution in [-0.2, 0) is 11.4 Å². The number of hydrogen-bond acceptors (Lipinski definition) is 4. The van der Waals surface area contributed by atoms with Crippen LogP contribution in [0.4, 0.5) is 0 Å². The number of ether oxygens (including phenoxy) is 2. The first-order chi connectivity index (χ1) is 16.6. The molecule has 34 heavy (non-hydrogen) atoms. The van der Waals surface area contributed by atoms with Gasteiger partial charge in [0.1, 0.15) is 18.2 Å².